The molecule has 0 spiro atoms. The molecule has 1 aromatic heterocycles. The number of H-pyrrole nitrogens is 1. The first kappa shape index (κ1) is 32.1. The van der Waals surface area contributed by atoms with Gasteiger partial charge in [-0.25, -0.2) is 10.1 Å². The average molecular weight is 565 g/mol. The Morgan fingerprint density at radius 3 is 2.36 bits per heavy atom. The number of hydrogen-bond acceptors (Lipinski definition) is 5. The summed E-state index contributed by atoms with van der Waals surface area (Å²) in [7, 11) is 1.63. The molecule has 39 heavy (non-hydrogen) atoms. The van der Waals surface area contributed by atoms with Crippen LogP contribution in [0.2, 0.25) is 0 Å². The molecule has 1 aliphatic heterocycles. The van der Waals surface area contributed by atoms with E-state index in [1.54, 1.807) is 35.6 Å². The minimum Gasteiger partial charge on any atom is -0.357 e. The molecular weight excluding hydrogens is 530 g/mol. The number of allylic oxidation sites excluding steroid dienone is 3. The van der Waals surface area contributed by atoms with E-state index in [1.807, 2.05) is 12.0 Å². The van der Waals surface area contributed by atoms with Gasteiger partial charge in [-0.15, -0.1) is 0 Å². The number of aromatic nitrogens is 2. The second kappa shape index (κ2) is 13.8. The van der Waals surface area contributed by atoms with E-state index >= 15 is 0 Å². The maximum absolute atomic E-state index is 13.2. The largest absolute Gasteiger partial charge is 0.421 e. The van der Waals surface area contributed by atoms with Crippen LogP contribution in [0.15, 0.2) is 39.8 Å². The summed E-state index contributed by atoms with van der Waals surface area (Å²) in [6.45, 7) is 6.72. The van der Waals surface area contributed by atoms with E-state index in [0.29, 0.717) is 44.5 Å². The first-order valence-electron chi connectivity index (χ1n) is 12.5. The van der Waals surface area contributed by atoms with Gasteiger partial charge >= 0.3 is 12.4 Å². The number of halogens is 6. The van der Waals surface area contributed by atoms with E-state index in [9.17, 15) is 35.9 Å². The Balaban J connectivity index is 1.93. The van der Waals surface area contributed by atoms with Crippen molar-refractivity contribution in [2.24, 2.45) is 4.99 Å². The quantitative estimate of drug-likeness (QED) is 0.209. The highest BCUT2D eigenvalue weighted by Crippen LogP contribution is 2.27. The van der Waals surface area contributed by atoms with E-state index in [0.717, 1.165) is 18.7 Å². The van der Waals surface area contributed by atoms with Crippen molar-refractivity contribution in [2.45, 2.75) is 65.0 Å². The van der Waals surface area contributed by atoms with Crippen molar-refractivity contribution in [2.75, 3.05) is 33.2 Å². The van der Waals surface area contributed by atoms with Crippen LogP contribution in [0.25, 0.3) is 0 Å². The first-order valence-corrected chi connectivity index (χ1v) is 12.5. The van der Waals surface area contributed by atoms with E-state index in [1.165, 1.54) is 6.08 Å². The number of nitrogens with zero attached hydrogens (tertiary/aromatic N) is 5. The molecule has 0 bridgehead atoms. The number of carbonyl (C=O) groups excluding carboxylic acids is 1. The van der Waals surface area contributed by atoms with Crippen molar-refractivity contribution in [1.82, 2.24) is 24.9 Å². The molecule has 0 radical (unpaired) electrons. The van der Waals surface area contributed by atoms with Crippen molar-refractivity contribution in [3.63, 3.8) is 0 Å². The van der Waals surface area contributed by atoms with Gasteiger partial charge in [-0.1, -0.05) is 25.5 Å². The molecule has 1 aliphatic rings. The van der Waals surface area contributed by atoms with Crippen LogP contribution in [-0.2, 0) is 17.5 Å². The number of amidine groups is 1. The summed E-state index contributed by atoms with van der Waals surface area (Å²) in [5.41, 5.74) is -3.49. The van der Waals surface area contributed by atoms with E-state index in [2.05, 4.69) is 10.1 Å². The van der Waals surface area contributed by atoms with Gasteiger partial charge in [0.2, 0.25) is 5.91 Å². The zero-order chi connectivity index (χ0) is 29.4. The van der Waals surface area contributed by atoms with Crippen LogP contribution in [0.5, 0.6) is 0 Å². The van der Waals surface area contributed by atoms with Crippen LogP contribution in [-0.4, -0.2) is 82.1 Å². The normalized spacial score (nSPS) is 16.9. The minimum atomic E-state index is -4.81. The third-order valence-corrected chi connectivity index (χ3v) is 6.36. The van der Waals surface area contributed by atoms with Crippen LogP contribution in [0.1, 0.15) is 51.3 Å². The molecule has 1 aromatic rings. The number of hydrogen-bond donors (Lipinski definition) is 1. The third kappa shape index (κ3) is 9.83. The number of aromatic amines is 1. The van der Waals surface area contributed by atoms with Gasteiger partial charge in [0.25, 0.3) is 5.56 Å². The predicted molar refractivity (Wildman–Crippen MR) is 135 cm³/mol. The summed E-state index contributed by atoms with van der Waals surface area (Å²) in [4.78, 5) is 33.3. The molecule has 218 valence electrons. The van der Waals surface area contributed by atoms with Gasteiger partial charge in [-0.2, -0.15) is 31.4 Å². The summed E-state index contributed by atoms with van der Waals surface area (Å²) >= 11 is 0. The molecule has 2 heterocycles. The SMILES string of the molecule is CCC/C=C/C(=C\N=C(C)N1CCN(C(=O)CC(C)N(C)Cc2cc(C(F)(F)F)c(=O)[nH]n2)CC1)C(F)(F)F. The number of amides is 1. The number of carbonyl (C=O) groups is 1. The van der Waals surface area contributed by atoms with Crippen LogP contribution in [0, 0.1) is 0 Å². The molecule has 0 aromatic carbocycles. The second-order valence-electron chi connectivity index (χ2n) is 9.39. The Morgan fingerprint density at radius 1 is 1.18 bits per heavy atom. The predicted octanol–water partition coefficient (Wildman–Crippen LogP) is 4.36. The lowest BCUT2D eigenvalue weighted by atomic mass is 10.1. The number of alkyl halides is 6. The molecule has 14 heteroatoms. The van der Waals surface area contributed by atoms with Crippen LogP contribution < -0.4 is 5.56 Å². The van der Waals surface area contributed by atoms with Crippen molar-refractivity contribution >= 4 is 11.7 Å². The van der Waals surface area contributed by atoms with Crippen LogP contribution in [0.3, 0.4) is 0 Å². The Labute approximate surface area is 223 Å². The number of piperazine rings is 1. The van der Waals surface area contributed by atoms with Crippen molar-refractivity contribution < 1.29 is 31.1 Å². The molecule has 0 aliphatic carbocycles. The lowest BCUT2D eigenvalue weighted by Crippen LogP contribution is -2.51. The zero-order valence-corrected chi connectivity index (χ0v) is 22.4. The van der Waals surface area contributed by atoms with Crippen molar-refractivity contribution in [3.05, 3.63) is 51.6 Å². The number of rotatable bonds is 9. The highest BCUT2D eigenvalue weighted by molar-refractivity contribution is 5.81. The van der Waals surface area contributed by atoms with E-state index in [-0.39, 0.29) is 30.6 Å². The highest BCUT2D eigenvalue weighted by Gasteiger charge is 2.35. The summed E-state index contributed by atoms with van der Waals surface area (Å²) in [6.07, 6.45) is -4.66. The maximum Gasteiger partial charge on any atom is 0.421 e. The maximum atomic E-state index is 13.2. The van der Waals surface area contributed by atoms with Crippen LogP contribution >= 0.6 is 0 Å². The smallest absolute Gasteiger partial charge is 0.357 e. The molecule has 2 rings (SSSR count). The fourth-order valence-electron chi connectivity index (χ4n) is 3.80. The molecule has 8 nitrogen and oxygen atoms in total. The molecule has 0 saturated carbocycles. The van der Waals surface area contributed by atoms with Gasteiger partial charge < -0.3 is 9.80 Å². The number of nitrogens with one attached hydrogen (secondary N) is 1. The van der Waals surface area contributed by atoms with E-state index in [4.69, 9.17) is 0 Å². The Morgan fingerprint density at radius 2 is 1.79 bits per heavy atom. The van der Waals surface area contributed by atoms with Crippen molar-refractivity contribution in [1.29, 1.82) is 0 Å². The van der Waals surface area contributed by atoms with Crippen molar-refractivity contribution in [3.8, 4) is 0 Å². The molecule has 1 atom stereocenters. The average Bonchev–Trinajstić information content (AvgIpc) is 2.85. The second-order valence-corrected chi connectivity index (χ2v) is 9.39. The number of unbranched alkanes of at least 4 members (excludes halogenated alkanes) is 1. The fourth-order valence-corrected chi connectivity index (χ4v) is 3.80. The fraction of sp³-hybridized carbons (Fsp3) is 0.600. The van der Waals surface area contributed by atoms with Gasteiger partial charge in [0, 0.05) is 51.4 Å². The number of aliphatic imine (C=N–C) groups is 1. The minimum absolute atomic E-state index is 0.00989. The molecule has 1 amide bonds. The van der Waals surface area contributed by atoms with Gasteiger partial charge in [0.1, 0.15) is 11.4 Å². The molecule has 1 N–H and O–H groups in total. The first-order chi connectivity index (χ1) is 18.1. The Bertz CT molecular complexity index is 1120. The highest BCUT2D eigenvalue weighted by atomic mass is 19.4. The zero-order valence-electron chi connectivity index (χ0n) is 22.4. The summed E-state index contributed by atoms with van der Waals surface area (Å²) in [6, 6.07) is 0.356. The van der Waals surface area contributed by atoms with E-state index < -0.39 is 29.0 Å². The Kier molecular flexibility index (Phi) is 11.3. The molecule has 1 fully saturated rings. The lowest BCUT2D eigenvalue weighted by Gasteiger charge is -2.36. The standard InChI is InChI=1S/C25H34F6N6O2/c1-5-6-7-8-19(24(26,27)28)15-32-18(3)36-9-11-37(12-10-36)22(38)13-17(2)35(4)16-20-14-21(25(29,30)31)23(39)34-33-20/h7-8,14-15,17H,5-6,9-13,16H2,1-4H3,(H,34,39)/b8-7+,19-15+,32-18?. The van der Waals surface area contributed by atoms with Gasteiger partial charge in [0.15, 0.2) is 0 Å². The summed E-state index contributed by atoms with van der Waals surface area (Å²) in [5, 5.41) is 5.52. The molecular formula is C25H34F6N6O2. The molecule has 1 unspecified atom stereocenters. The summed E-state index contributed by atoms with van der Waals surface area (Å²) in [5.74, 6) is 0.252. The van der Waals surface area contributed by atoms with Gasteiger partial charge in [-0.05, 0) is 33.4 Å². The topological polar surface area (TPSA) is 84.9 Å². The molecule has 1 saturated heterocycles. The third-order valence-electron chi connectivity index (χ3n) is 6.36. The van der Waals surface area contributed by atoms with Gasteiger partial charge in [0.05, 0.1) is 11.3 Å². The van der Waals surface area contributed by atoms with Crippen LogP contribution in [0.4, 0.5) is 26.3 Å². The van der Waals surface area contributed by atoms with Gasteiger partial charge in [-0.3, -0.25) is 14.5 Å². The monoisotopic (exact) mass is 564 g/mol. The summed E-state index contributed by atoms with van der Waals surface area (Å²) < 4.78 is 78.7. The Hall–Kier alpha value is -3.16. The lowest BCUT2D eigenvalue weighted by molar-refractivity contribution is -0.139.